The lowest BCUT2D eigenvalue weighted by atomic mass is 9.92. The second kappa shape index (κ2) is 10.2. The van der Waals surface area contributed by atoms with Crippen LogP contribution in [0.1, 0.15) is 19.3 Å². The maximum absolute atomic E-state index is 8.72. The lowest BCUT2D eigenvalue weighted by Gasteiger charge is -2.16. The van der Waals surface area contributed by atoms with Crippen molar-refractivity contribution in [1.82, 2.24) is 0 Å². The Morgan fingerprint density at radius 1 is 1.08 bits per heavy atom. The SMILES string of the molecule is C[N+](C)(C)C.N#CC(=C=[N-])/C=C1/CCCC(C=C(C#N)C#N)=C1Cl. The van der Waals surface area contributed by atoms with E-state index in [4.69, 9.17) is 32.8 Å². The molecule has 0 heterocycles. The van der Waals surface area contributed by atoms with E-state index in [0.717, 1.165) is 10.9 Å². The molecule has 0 bridgehead atoms. The summed E-state index contributed by atoms with van der Waals surface area (Å²) in [6.45, 7) is 0. The number of allylic oxidation sites excluding steroid dienone is 7. The quantitative estimate of drug-likeness (QED) is 0.436. The number of hydrogen-bond donors (Lipinski definition) is 0. The van der Waals surface area contributed by atoms with Crippen molar-refractivity contribution in [2.45, 2.75) is 19.3 Å². The predicted molar refractivity (Wildman–Crippen MR) is 95.6 cm³/mol. The van der Waals surface area contributed by atoms with Crippen molar-refractivity contribution in [3.8, 4) is 18.2 Å². The van der Waals surface area contributed by atoms with Gasteiger partial charge in [0.2, 0.25) is 0 Å². The minimum atomic E-state index is -0.0147. The Labute approximate surface area is 148 Å². The Morgan fingerprint density at radius 3 is 2.04 bits per heavy atom. The largest absolute Gasteiger partial charge is 0.762 e. The monoisotopic (exact) mass is 341 g/mol. The van der Waals surface area contributed by atoms with Crippen molar-refractivity contribution in [2.75, 3.05) is 28.2 Å². The van der Waals surface area contributed by atoms with Gasteiger partial charge in [-0.1, -0.05) is 11.6 Å². The van der Waals surface area contributed by atoms with Gasteiger partial charge in [0.15, 0.2) is 0 Å². The Hall–Kier alpha value is -2.61. The standard InChI is InChI=1S/C14H8ClN4.C4H12N/c15-14-12(4-10(6-16)7-17)2-1-3-13(14)5-11(8-18)9-19;1-5(2,3)4/h4-5H,1-3H2;1-4H3/q-1;+1/b12-4-;. The van der Waals surface area contributed by atoms with Crippen LogP contribution in [0.2, 0.25) is 0 Å². The summed E-state index contributed by atoms with van der Waals surface area (Å²) in [5.41, 5.74) is 1.35. The van der Waals surface area contributed by atoms with Crippen LogP contribution < -0.4 is 0 Å². The van der Waals surface area contributed by atoms with Crippen LogP contribution >= 0.6 is 11.6 Å². The molecule has 0 aliphatic heterocycles. The minimum Gasteiger partial charge on any atom is -0.762 e. The first-order valence-electron chi connectivity index (χ1n) is 7.23. The molecule has 5 nitrogen and oxygen atoms in total. The number of halogens is 1. The second-order valence-electron chi connectivity index (χ2n) is 6.46. The number of nitrogens with zero attached hydrogens (tertiary/aromatic N) is 5. The molecule has 0 aromatic heterocycles. The molecule has 1 aliphatic rings. The van der Waals surface area contributed by atoms with Crippen LogP contribution in [0.5, 0.6) is 0 Å². The third-order valence-electron chi connectivity index (χ3n) is 2.58. The molecule has 24 heavy (non-hydrogen) atoms. The van der Waals surface area contributed by atoms with Gasteiger partial charge in [-0.2, -0.15) is 15.8 Å². The number of nitriles is 3. The van der Waals surface area contributed by atoms with E-state index in [1.807, 2.05) is 0 Å². The van der Waals surface area contributed by atoms with Crippen molar-refractivity contribution in [1.29, 1.82) is 15.8 Å². The summed E-state index contributed by atoms with van der Waals surface area (Å²) < 4.78 is 1.00. The first-order chi connectivity index (χ1) is 11.2. The summed E-state index contributed by atoms with van der Waals surface area (Å²) in [5.74, 6) is 1.78. The Bertz CT molecular complexity index is 714. The average Bonchev–Trinajstić information content (AvgIpc) is 2.51. The van der Waals surface area contributed by atoms with Crippen molar-refractivity contribution in [2.24, 2.45) is 0 Å². The zero-order valence-corrected chi connectivity index (χ0v) is 15.1. The maximum Gasteiger partial charge on any atom is 0.129 e. The molecule has 0 amide bonds. The van der Waals surface area contributed by atoms with Crippen LogP contribution in [-0.4, -0.2) is 38.5 Å². The molecule has 0 N–H and O–H groups in total. The van der Waals surface area contributed by atoms with E-state index in [9.17, 15) is 0 Å². The van der Waals surface area contributed by atoms with Crippen molar-refractivity contribution < 1.29 is 4.48 Å². The fraction of sp³-hybridized carbons (Fsp3) is 0.389. The molecule has 124 valence electrons. The molecule has 0 aromatic rings. The van der Waals surface area contributed by atoms with Gasteiger partial charge in [0.1, 0.15) is 23.8 Å². The lowest BCUT2D eigenvalue weighted by molar-refractivity contribution is -0.849. The van der Waals surface area contributed by atoms with Gasteiger partial charge < -0.3 is 9.89 Å². The highest BCUT2D eigenvalue weighted by molar-refractivity contribution is 6.32. The van der Waals surface area contributed by atoms with Gasteiger partial charge in [0.25, 0.3) is 0 Å². The normalized spacial score (nSPS) is 15.0. The second-order valence-corrected chi connectivity index (χ2v) is 6.84. The van der Waals surface area contributed by atoms with E-state index in [2.05, 4.69) is 28.2 Å². The minimum absolute atomic E-state index is 0.0147. The summed E-state index contributed by atoms with van der Waals surface area (Å²) in [6, 6.07) is 5.33. The van der Waals surface area contributed by atoms with Crippen LogP contribution in [0.15, 0.2) is 39.5 Å². The Kier molecular flexibility index (Phi) is 9.11. The van der Waals surface area contributed by atoms with Crippen molar-refractivity contribution >= 4 is 17.5 Å². The van der Waals surface area contributed by atoms with Crippen LogP contribution in [0.25, 0.3) is 5.41 Å². The van der Waals surface area contributed by atoms with E-state index in [-0.39, 0.29) is 11.1 Å². The summed E-state index contributed by atoms with van der Waals surface area (Å²) >= 11 is 6.18. The summed E-state index contributed by atoms with van der Waals surface area (Å²) in [4.78, 5) is 0. The predicted octanol–water partition coefficient (Wildman–Crippen LogP) is 3.57. The topological polar surface area (TPSA) is 93.7 Å². The molecule has 1 rings (SSSR count). The van der Waals surface area contributed by atoms with Gasteiger partial charge in [-0.25, -0.2) is 0 Å². The van der Waals surface area contributed by atoms with Crippen LogP contribution in [0.3, 0.4) is 0 Å². The molecular weight excluding hydrogens is 322 g/mol. The fourth-order valence-corrected chi connectivity index (χ4v) is 1.99. The zero-order valence-electron chi connectivity index (χ0n) is 14.4. The average molecular weight is 342 g/mol. The third-order valence-corrected chi connectivity index (χ3v) is 3.06. The molecule has 0 atom stereocenters. The number of rotatable bonds is 2. The molecular formula is C18H20ClN5. The van der Waals surface area contributed by atoms with Gasteiger partial charge in [-0.3, -0.25) is 5.87 Å². The molecule has 0 fully saturated rings. The van der Waals surface area contributed by atoms with E-state index < -0.39 is 0 Å². The molecule has 0 radical (unpaired) electrons. The molecule has 0 saturated heterocycles. The maximum atomic E-state index is 8.72. The van der Waals surface area contributed by atoms with Gasteiger partial charge >= 0.3 is 0 Å². The molecule has 1 aliphatic carbocycles. The van der Waals surface area contributed by atoms with Gasteiger partial charge in [-0.15, -0.1) is 0 Å². The first kappa shape index (κ1) is 21.4. The molecule has 0 aromatic carbocycles. The first-order valence-corrected chi connectivity index (χ1v) is 7.61. The summed E-state index contributed by atoms with van der Waals surface area (Å²) in [5, 5.41) is 35.3. The smallest absolute Gasteiger partial charge is 0.129 e. The van der Waals surface area contributed by atoms with Crippen molar-refractivity contribution in [3.05, 3.63) is 44.9 Å². The summed E-state index contributed by atoms with van der Waals surface area (Å²) in [6.07, 6.45) is 5.03. The van der Waals surface area contributed by atoms with E-state index in [1.54, 1.807) is 24.1 Å². The summed E-state index contributed by atoms with van der Waals surface area (Å²) in [7, 11) is 8.50. The van der Waals surface area contributed by atoms with Crippen LogP contribution in [-0.2, 0) is 0 Å². The highest BCUT2D eigenvalue weighted by atomic mass is 35.5. The van der Waals surface area contributed by atoms with Gasteiger partial charge in [0, 0.05) is 5.03 Å². The van der Waals surface area contributed by atoms with E-state index >= 15 is 0 Å². The van der Waals surface area contributed by atoms with Gasteiger partial charge in [-0.05, 0) is 42.6 Å². The molecule has 0 saturated carbocycles. The van der Waals surface area contributed by atoms with Crippen molar-refractivity contribution in [3.63, 3.8) is 0 Å². The Balaban J connectivity index is 0.000000922. The fourth-order valence-electron chi connectivity index (χ4n) is 1.69. The van der Waals surface area contributed by atoms with E-state index in [1.165, 1.54) is 12.2 Å². The highest BCUT2D eigenvalue weighted by Crippen LogP contribution is 2.34. The van der Waals surface area contributed by atoms with Crippen LogP contribution in [0, 0.1) is 34.0 Å². The highest BCUT2D eigenvalue weighted by Gasteiger charge is 2.15. The van der Waals surface area contributed by atoms with E-state index in [0.29, 0.717) is 29.0 Å². The zero-order chi connectivity index (χ0) is 18.8. The lowest BCUT2D eigenvalue weighted by Crippen LogP contribution is -2.27. The number of quaternary nitrogens is 1. The number of hydrogen-bond acceptors (Lipinski definition) is 3. The molecule has 6 heteroatoms. The molecule has 0 spiro atoms. The molecule has 0 unspecified atom stereocenters. The third kappa shape index (κ3) is 8.74. The van der Waals surface area contributed by atoms with Gasteiger partial charge in [0.05, 0.1) is 33.8 Å². The van der Waals surface area contributed by atoms with Crippen LogP contribution in [0.4, 0.5) is 0 Å². The Morgan fingerprint density at radius 2 is 1.62 bits per heavy atom.